The molecule has 1 fully saturated rings. The van der Waals surface area contributed by atoms with Crippen molar-refractivity contribution in [3.8, 4) is 0 Å². The predicted octanol–water partition coefficient (Wildman–Crippen LogP) is 2.05. The van der Waals surface area contributed by atoms with Crippen LogP contribution in [0.25, 0.3) is 0 Å². The SMILES string of the molecule is CC1CC(NC(=O)C(C)NS(=O)(=O)c2ccccc2C(F)(F)F)CCN1.Cl. The first-order valence-electron chi connectivity index (χ1n) is 8.23. The second kappa shape index (κ2) is 9.22. The standard InChI is InChI=1S/C16H22F3N3O3S.ClH/c1-10-9-12(7-8-20-10)21-15(23)11(2)22-26(24,25)14-6-4-3-5-13(14)16(17,18)19;/h3-6,10-12,20,22H,7-9H2,1-2H3,(H,21,23);1H. The lowest BCUT2D eigenvalue weighted by Gasteiger charge is -2.29. The van der Waals surface area contributed by atoms with E-state index in [1.54, 1.807) is 0 Å². The minimum Gasteiger partial charge on any atom is -0.352 e. The molecule has 1 aromatic carbocycles. The van der Waals surface area contributed by atoms with Crippen molar-refractivity contribution < 1.29 is 26.4 Å². The van der Waals surface area contributed by atoms with Crippen molar-refractivity contribution in [2.24, 2.45) is 0 Å². The highest BCUT2D eigenvalue weighted by Crippen LogP contribution is 2.33. The average Bonchev–Trinajstić information content (AvgIpc) is 2.53. The van der Waals surface area contributed by atoms with E-state index < -0.39 is 38.6 Å². The van der Waals surface area contributed by atoms with E-state index in [4.69, 9.17) is 0 Å². The van der Waals surface area contributed by atoms with E-state index in [1.807, 2.05) is 11.6 Å². The Morgan fingerprint density at radius 2 is 1.93 bits per heavy atom. The van der Waals surface area contributed by atoms with Gasteiger partial charge in [0.2, 0.25) is 15.9 Å². The Hall–Kier alpha value is -1.36. The van der Waals surface area contributed by atoms with Crippen LogP contribution in [0.4, 0.5) is 13.2 Å². The lowest BCUT2D eigenvalue weighted by atomic mass is 10.0. The van der Waals surface area contributed by atoms with Gasteiger partial charge in [-0.25, -0.2) is 8.42 Å². The largest absolute Gasteiger partial charge is 0.417 e. The van der Waals surface area contributed by atoms with Gasteiger partial charge in [0.05, 0.1) is 16.5 Å². The molecule has 1 aliphatic rings. The predicted molar refractivity (Wildman–Crippen MR) is 97.1 cm³/mol. The van der Waals surface area contributed by atoms with Crippen molar-refractivity contribution >= 4 is 28.3 Å². The van der Waals surface area contributed by atoms with Gasteiger partial charge in [0, 0.05) is 12.1 Å². The quantitative estimate of drug-likeness (QED) is 0.668. The smallest absolute Gasteiger partial charge is 0.352 e. The number of benzene rings is 1. The van der Waals surface area contributed by atoms with Gasteiger partial charge >= 0.3 is 6.18 Å². The molecule has 0 aliphatic carbocycles. The molecule has 0 radical (unpaired) electrons. The summed E-state index contributed by atoms with van der Waals surface area (Å²) in [7, 11) is -4.51. The van der Waals surface area contributed by atoms with Crippen LogP contribution in [0.1, 0.15) is 32.3 Å². The summed E-state index contributed by atoms with van der Waals surface area (Å²) in [6, 6.07) is 2.78. The number of hydrogen-bond acceptors (Lipinski definition) is 4. The fourth-order valence-corrected chi connectivity index (χ4v) is 4.30. The van der Waals surface area contributed by atoms with Crippen molar-refractivity contribution in [3.63, 3.8) is 0 Å². The first-order chi connectivity index (χ1) is 12.0. The molecule has 154 valence electrons. The van der Waals surface area contributed by atoms with E-state index >= 15 is 0 Å². The number of halogens is 4. The lowest BCUT2D eigenvalue weighted by Crippen LogP contribution is -2.52. The molecule has 27 heavy (non-hydrogen) atoms. The Morgan fingerprint density at radius 3 is 2.52 bits per heavy atom. The monoisotopic (exact) mass is 429 g/mol. The number of alkyl halides is 3. The number of rotatable bonds is 5. The summed E-state index contributed by atoms with van der Waals surface area (Å²) in [6.07, 6.45) is -3.42. The summed E-state index contributed by atoms with van der Waals surface area (Å²) in [5, 5.41) is 5.96. The third-order valence-electron chi connectivity index (χ3n) is 4.18. The van der Waals surface area contributed by atoms with Crippen LogP contribution < -0.4 is 15.4 Å². The zero-order chi connectivity index (χ0) is 19.5. The van der Waals surface area contributed by atoms with Crippen molar-refractivity contribution in [1.82, 2.24) is 15.4 Å². The van der Waals surface area contributed by atoms with Crippen LogP contribution >= 0.6 is 12.4 Å². The maximum atomic E-state index is 13.0. The minimum absolute atomic E-state index is 0. The van der Waals surface area contributed by atoms with E-state index in [-0.39, 0.29) is 24.5 Å². The highest BCUT2D eigenvalue weighted by Gasteiger charge is 2.37. The number of nitrogens with one attached hydrogen (secondary N) is 3. The van der Waals surface area contributed by atoms with Crippen molar-refractivity contribution in [3.05, 3.63) is 29.8 Å². The summed E-state index contributed by atoms with van der Waals surface area (Å²) in [6.45, 7) is 4.00. The van der Waals surface area contributed by atoms with Gasteiger partial charge in [-0.05, 0) is 45.4 Å². The molecule has 6 nitrogen and oxygen atoms in total. The summed E-state index contributed by atoms with van der Waals surface area (Å²) in [5.41, 5.74) is -1.27. The Morgan fingerprint density at radius 1 is 1.30 bits per heavy atom. The molecule has 1 heterocycles. The molecule has 0 bridgehead atoms. The van der Waals surface area contributed by atoms with Gasteiger partial charge in [-0.1, -0.05) is 12.1 Å². The molecule has 3 unspecified atom stereocenters. The Balaban J connectivity index is 0.00000364. The third kappa shape index (κ3) is 6.34. The highest BCUT2D eigenvalue weighted by molar-refractivity contribution is 7.89. The van der Waals surface area contributed by atoms with Crippen LogP contribution in [-0.2, 0) is 21.0 Å². The third-order valence-corrected chi connectivity index (χ3v) is 5.78. The molecule has 0 spiro atoms. The normalized spacial score (nSPS) is 21.8. The fraction of sp³-hybridized carbons (Fsp3) is 0.562. The highest BCUT2D eigenvalue weighted by atomic mass is 35.5. The number of carbonyl (C=O) groups excluding carboxylic acids is 1. The summed E-state index contributed by atoms with van der Waals surface area (Å²) < 4.78 is 65.9. The zero-order valence-corrected chi connectivity index (χ0v) is 16.5. The molecule has 11 heteroatoms. The molecule has 1 aliphatic heterocycles. The fourth-order valence-electron chi connectivity index (χ4n) is 2.87. The topological polar surface area (TPSA) is 87.3 Å². The molecule has 0 aromatic heterocycles. The number of piperidine rings is 1. The van der Waals surface area contributed by atoms with Gasteiger partial charge in [0.25, 0.3) is 0 Å². The Labute approximate surface area is 162 Å². The molecule has 3 atom stereocenters. The van der Waals surface area contributed by atoms with Crippen LogP contribution in [0.5, 0.6) is 0 Å². The second-order valence-electron chi connectivity index (χ2n) is 6.42. The van der Waals surface area contributed by atoms with Crippen LogP contribution in [0, 0.1) is 0 Å². The summed E-state index contributed by atoms with van der Waals surface area (Å²) in [4.78, 5) is 11.3. The van der Waals surface area contributed by atoms with Crippen molar-refractivity contribution in [1.29, 1.82) is 0 Å². The van der Waals surface area contributed by atoms with E-state index in [0.717, 1.165) is 18.7 Å². The van der Waals surface area contributed by atoms with E-state index in [1.165, 1.54) is 13.0 Å². The van der Waals surface area contributed by atoms with Gasteiger partial charge in [-0.2, -0.15) is 17.9 Å². The summed E-state index contributed by atoms with van der Waals surface area (Å²) >= 11 is 0. The van der Waals surface area contributed by atoms with E-state index in [9.17, 15) is 26.4 Å². The van der Waals surface area contributed by atoms with Crippen LogP contribution in [0.3, 0.4) is 0 Å². The van der Waals surface area contributed by atoms with Gasteiger partial charge < -0.3 is 10.6 Å². The zero-order valence-electron chi connectivity index (χ0n) is 14.8. The van der Waals surface area contributed by atoms with Crippen molar-refractivity contribution in [2.45, 2.75) is 55.9 Å². The molecule has 1 saturated heterocycles. The van der Waals surface area contributed by atoms with Gasteiger partial charge in [-0.3, -0.25) is 4.79 Å². The molecular formula is C16H23ClF3N3O3S. The van der Waals surface area contributed by atoms with Gasteiger partial charge in [-0.15, -0.1) is 12.4 Å². The number of amides is 1. The lowest BCUT2D eigenvalue weighted by molar-refractivity contribution is -0.139. The molecule has 1 aromatic rings. The first-order valence-corrected chi connectivity index (χ1v) is 9.71. The van der Waals surface area contributed by atoms with Crippen LogP contribution in [0.15, 0.2) is 29.2 Å². The number of hydrogen-bond donors (Lipinski definition) is 3. The molecule has 2 rings (SSSR count). The Bertz CT molecular complexity index is 759. The maximum absolute atomic E-state index is 13.0. The van der Waals surface area contributed by atoms with Crippen molar-refractivity contribution in [2.75, 3.05) is 6.54 Å². The number of carbonyl (C=O) groups is 1. The molecule has 1 amide bonds. The van der Waals surface area contributed by atoms with Gasteiger partial charge in [0.15, 0.2) is 0 Å². The summed E-state index contributed by atoms with van der Waals surface area (Å²) in [5.74, 6) is -0.572. The first kappa shape index (κ1) is 23.7. The molecule has 3 N–H and O–H groups in total. The van der Waals surface area contributed by atoms with Crippen LogP contribution in [-0.4, -0.2) is 39.0 Å². The maximum Gasteiger partial charge on any atom is 0.417 e. The van der Waals surface area contributed by atoms with Gasteiger partial charge in [0.1, 0.15) is 0 Å². The second-order valence-corrected chi connectivity index (χ2v) is 8.10. The van der Waals surface area contributed by atoms with E-state index in [0.29, 0.717) is 18.9 Å². The van der Waals surface area contributed by atoms with Crippen LogP contribution in [0.2, 0.25) is 0 Å². The minimum atomic E-state index is -4.82. The Kier molecular flexibility index (Phi) is 8.09. The van der Waals surface area contributed by atoms with E-state index in [2.05, 4.69) is 10.6 Å². The average molecular weight is 430 g/mol. The molecular weight excluding hydrogens is 407 g/mol. The molecule has 0 saturated carbocycles. The number of sulfonamides is 1.